The van der Waals surface area contributed by atoms with E-state index >= 15 is 0 Å². The number of nitrogens with zero attached hydrogens (tertiary/aromatic N) is 1. The summed E-state index contributed by atoms with van der Waals surface area (Å²) in [6, 6.07) is 1.49. The van der Waals surface area contributed by atoms with E-state index in [9.17, 15) is 0 Å². The van der Waals surface area contributed by atoms with Crippen LogP contribution in [0, 0.1) is 11.8 Å². The highest BCUT2D eigenvalue weighted by Crippen LogP contribution is 2.30. The Morgan fingerprint density at radius 3 is 3.00 bits per heavy atom. The molecule has 3 nitrogen and oxygen atoms in total. The Morgan fingerprint density at radius 1 is 1.31 bits per heavy atom. The van der Waals surface area contributed by atoms with Crippen LogP contribution >= 0.6 is 0 Å². The first kappa shape index (κ1) is 11.0. The molecule has 3 rings (SSSR count). The van der Waals surface area contributed by atoms with Gasteiger partial charge in [0.25, 0.3) is 0 Å². The van der Waals surface area contributed by atoms with Crippen molar-refractivity contribution in [3.8, 4) is 0 Å². The van der Waals surface area contributed by atoms with E-state index in [1.54, 1.807) is 0 Å². The second-order valence-electron chi connectivity index (χ2n) is 5.78. The minimum Gasteiger partial charge on any atom is -0.381 e. The molecule has 0 aromatic carbocycles. The van der Waals surface area contributed by atoms with Crippen LogP contribution in [0.2, 0.25) is 0 Å². The Bertz CT molecular complexity index is 226. The van der Waals surface area contributed by atoms with Crippen molar-refractivity contribution in [2.24, 2.45) is 11.8 Å². The number of likely N-dealkylation sites (tertiary alicyclic amines) is 1. The second kappa shape index (κ2) is 4.63. The van der Waals surface area contributed by atoms with Crippen LogP contribution in [-0.2, 0) is 4.74 Å². The fraction of sp³-hybridized carbons (Fsp3) is 1.00. The summed E-state index contributed by atoms with van der Waals surface area (Å²) in [5, 5.41) is 3.68. The molecular weight excluding hydrogens is 200 g/mol. The summed E-state index contributed by atoms with van der Waals surface area (Å²) in [4.78, 5) is 2.70. The van der Waals surface area contributed by atoms with Crippen molar-refractivity contribution in [3.05, 3.63) is 0 Å². The quantitative estimate of drug-likeness (QED) is 0.760. The van der Waals surface area contributed by atoms with Crippen molar-refractivity contribution in [1.29, 1.82) is 0 Å². The van der Waals surface area contributed by atoms with Gasteiger partial charge in [0.05, 0.1) is 6.61 Å². The maximum absolute atomic E-state index is 5.51. The van der Waals surface area contributed by atoms with E-state index in [1.165, 1.54) is 38.9 Å². The van der Waals surface area contributed by atoms with Crippen molar-refractivity contribution in [3.63, 3.8) is 0 Å². The van der Waals surface area contributed by atoms with Crippen LogP contribution in [0.4, 0.5) is 0 Å². The van der Waals surface area contributed by atoms with Crippen LogP contribution in [0.15, 0.2) is 0 Å². The summed E-state index contributed by atoms with van der Waals surface area (Å²) in [7, 11) is 0. The Morgan fingerprint density at radius 2 is 2.25 bits per heavy atom. The molecular formula is C13H24N2O. The van der Waals surface area contributed by atoms with Gasteiger partial charge in [0.2, 0.25) is 0 Å². The first-order chi connectivity index (χ1) is 7.84. The van der Waals surface area contributed by atoms with Crippen molar-refractivity contribution >= 4 is 0 Å². The number of rotatable bonds is 2. The molecule has 0 aromatic rings. The third-order valence-corrected chi connectivity index (χ3v) is 4.85. The first-order valence-corrected chi connectivity index (χ1v) is 6.90. The number of hydrogen-bond donors (Lipinski definition) is 1. The van der Waals surface area contributed by atoms with E-state index in [0.29, 0.717) is 0 Å². The van der Waals surface area contributed by atoms with E-state index in [1.807, 2.05) is 0 Å². The van der Waals surface area contributed by atoms with E-state index in [2.05, 4.69) is 17.1 Å². The van der Waals surface area contributed by atoms with Gasteiger partial charge in [-0.05, 0) is 44.6 Å². The largest absolute Gasteiger partial charge is 0.381 e. The molecule has 2 unspecified atom stereocenters. The van der Waals surface area contributed by atoms with Crippen LogP contribution in [0.1, 0.15) is 26.2 Å². The fourth-order valence-corrected chi connectivity index (χ4v) is 3.64. The molecule has 3 aliphatic heterocycles. The summed E-state index contributed by atoms with van der Waals surface area (Å²) in [5.41, 5.74) is 0. The maximum atomic E-state index is 5.51. The van der Waals surface area contributed by atoms with Crippen LogP contribution in [-0.4, -0.2) is 49.8 Å². The van der Waals surface area contributed by atoms with E-state index in [-0.39, 0.29) is 0 Å². The van der Waals surface area contributed by atoms with Crippen molar-refractivity contribution in [2.45, 2.75) is 38.3 Å². The van der Waals surface area contributed by atoms with Crippen LogP contribution in [0.3, 0.4) is 0 Å². The summed E-state index contributed by atoms with van der Waals surface area (Å²) in [6.45, 7) is 8.18. The lowest BCUT2D eigenvalue weighted by Gasteiger charge is -2.28. The molecule has 0 saturated carbocycles. The Labute approximate surface area is 98.5 Å². The number of fused-ring (bicyclic) bond motifs is 1. The van der Waals surface area contributed by atoms with E-state index < -0.39 is 0 Å². The van der Waals surface area contributed by atoms with Gasteiger partial charge in [-0.1, -0.05) is 0 Å². The molecule has 92 valence electrons. The van der Waals surface area contributed by atoms with Gasteiger partial charge in [0, 0.05) is 31.8 Å². The summed E-state index contributed by atoms with van der Waals surface area (Å²) in [5.74, 6) is 1.69. The summed E-state index contributed by atoms with van der Waals surface area (Å²) >= 11 is 0. The molecule has 0 radical (unpaired) electrons. The molecule has 3 heteroatoms. The Balaban J connectivity index is 1.59. The highest BCUT2D eigenvalue weighted by atomic mass is 16.5. The summed E-state index contributed by atoms with van der Waals surface area (Å²) in [6.07, 6.45) is 4.07. The lowest BCUT2D eigenvalue weighted by molar-refractivity contribution is 0.141. The van der Waals surface area contributed by atoms with Gasteiger partial charge >= 0.3 is 0 Å². The molecule has 16 heavy (non-hydrogen) atoms. The van der Waals surface area contributed by atoms with Crippen LogP contribution in [0.25, 0.3) is 0 Å². The SMILES string of the molecule is CC(C1CCOC1)N1C[C@@H]2CCCN[C@@H]2C1. The number of nitrogens with one attached hydrogen (secondary N) is 1. The van der Waals surface area contributed by atoms with Gasteiger partial charge in [0.15, 0.2) is 0 Å². The lowest BCUT2D eigenvalue weighted by atomic mass is 9.94. The molecule has 0 bridgehead atoms. The molecule has 1 N–H and O–H groups in total. The zero-order valence-corrected chi connectivity index (χ0v) is 10.3. The molecule has 3 saturated heterocycles. The maximum Gasteiger partial charge on any atom is 0.0509 e. The highest BCUT2D eigenvalue weighted by molar-refractivity contribution is 4.94. The van der Waals surface area contributed by atoms with Crippen LogP contribution < -0.4 is 5.32 Å². The normalized spacial score (nSPS) is 42.2. The minimum atomic E-state index is 0.717. The number of piperidine rings is 1. The molecule has 3 heterocycles. The molecule has 0 aromatic heterocycles. The zero-order chi connectivity index (χ0) is 11.0. The predicted molar refractivity (Wildman–Crippen MR) is 64.5 cm³/mol. The van der Waals surface area contributed by atoms with Crippen molar-refractivity contribution < 1.29 is 4.74 Å². The van der Waals surface area contributed by atoms with Gasteiger partial charge in [-0.15, -0.1) is 0 Å². The van der Waals surface area contributed by atoms with E-state index in [4.69, 9.17) is 4.74 Å². The topological polar surface area (TPSA) is 24.5 Å². The van der Waals surface area contributed by atoms with E-state index in [0.717, 1.165) is 37.1 Å². The molecule has 3 fully saturated rings. The van der Waals surface area contributed by atoms with Gasteiger partial charge in [-0.25, -0.2) is 0 Å². The Kier molecular flexibility index (Phi) is 3.18. The van der Waals surface area contributed by atoms with Crippen molar-refractivity contribution in [2.75, 3.05) is 32.8 Å². The molecule has 0 amide bonds. The molecule has 0 spiro atoms. The van der Waals surface area contributed by atoms with Gasteiger partial charge in [-0.2, -0.15) is 0 Å². The zero-order valence-electron chi connectivity index (χ0n) is 10.3. The third kappa shape index (κ3) is 2.01. The Hall–Kier alpha value is -0.120. The smallest absolute Gasteiger partial charge is 0.0509 e. The average Bonchev–Trinajstić information content (AvgIpc) is 2.97. The molecule has 4 atom stereocenters. The molecule has 0 aliphatic carbocycles. The lowest BCUT2D eigenvalue weighted by Crippen LogP contribution is -2.42. The minimum absolute atomic E-state index is 0.717. The van der Waals surface area contributed by atoms with Gasteiger partial charge < -0.3 is 10.1 Å². The standard InChI is InChI=1S/C13H24N2O/c1-10(12-4-6-16-9-12)15-7-11-3-2-5-14-13(11)8-15/h10-14H,2-9H2,1H3/t10?,11-,12?,13+/m0/s1. The highest BCUT2D eigenvalue weighted by Gasteiger charge is 2.38. The monoisotopic (exact) mass is 224 g/mol. The van der Waals surface area contributed by atoms with Crippen LogP contribution in [0.5, 0.6) is 0 Å². The summed E-state index contributed by atoms with van der Waals surface area (Å²) < 4.78 is 5.51. The first-order valence-electron chi connectivity index (χ1n) is 6.90. The average molecular weight is 224 g/mol. The number of hydrogen-bond acceptors (Lipinski definition) is 3. The van der Waals surface area contributed by atoms with Gasteiger partial charge in [0.1, 0.15) is 0 Å². The molecule has 3 aliphatic rings. The second-order valence-corrected chi connectivity index (χ2v) is 5.78. The van der Waals surface area contributed by atoms with Gasteiger partial charge in [-0.3, -0.25) is 4.90 Å². The number of ether oxygens (including phenoxy) is 1. The predicted octanol–water partition coefficient (Wildman–Crippen LogP) is 1.10. The fourth-order valence-electron chi connectivity index (χ4n) is 3.64. The third-order valence-electron chi connectivity index (χ3n) is 4.85. The van der Waals surface area contributed by atoms with Crippen molar-refractivity contribution in [1.82, 2.24) is 10.2 Å².